The lowest BCUT2D eigenvalue weighted by Crippen LogP contribution is -2.08. The number of hydrogen-bond donors (Lipinski definition) is 0. The smallest absolute Gasteiger partial charge is 0.343 e. The van der Waals surface area contributed by atoms with Crippen LogP contribution >= 0.6 is 0 Å². The molecule has 0 bridgehead atoms. The lowest BCUT2D eigenvalue weighted by atomic mass is 10.00. The number of fused-ring (bicyclic) bond motifs is 6. The third kappa shape index (κ3) is 3.62. The molecule has 6 aromatic carbocycles. The average molecular weight is 491 g/mol. The number of aromatic nitrogens is 2. The SMILES string of the molecule is O=C(Oc1ccccc1)c1ccc(-n2c(-c3ccccc3)nc3c4ccccc4c4ccccc4c32)cc1. The minimum atomic E-state index is -0.391. The molecule has 1 aromatic heterocycles. The van der Waals surface area contributed by atoms with Crippen LogP contribution < -0.4 is 4.74 Å². The summed E-state index contributed by atoms with van der Waals surface area (Å²) in [5.41, 5.74) is 4.41. The number of nitrogens with zero attached hydrogens (tertiary/aromatic N) is 2. The molecule has 0 fully saturated rings. The minimum absolute atomic E-state index is 0.391. The molecule has 0 unspecified atom stereocenters. The fourth-order valence-corrected chi connectivity index (χ4v) is 5.14. The first-order chi connectivity index (χ1) is 18.8. The van der Waals surface area contributed by atoms with E-state index in [0.29, 0.717) is 11.3 Å². The Labute approximate surface area is 219 Å². The van der Waals surface area contributed by atoms with Crippen molar-refractivity contribution in [3.8, 4) is 22.8 Å². The van der Waals surface area contributed by atoms with Gasteiger partial charge in [0.2, 0.25) is 0 Å². The van der Waals surface area contributed by atoms with Gasteiger partial charge in [-0.3, -0.25) is 4.57 Å². The molecule has 0 spiro atoms. The molecule has 0 aliphatic carbocycles. The van der Waals surface area contributed by atoms with E-state index in [1.165, 1.54) is 10.8 Å². The number of imidazole rings is 1. The number of carbonyl (C=O) groups is 1. The van der Waals surface area contributed by atoms with E-state index in [4.69, 9.17) is 9.72 Å². The van der Waals surface area contributed by atoms with E-state index >= 15 is 0 Å². The van der Waals surface area contributed by atoms with E-state index in [-0.39, 0.29) is 0 Å². The highest BCUT2D eigenvalue weighted by Crippen LogP contribution is 2.39. The van der Waals surface area contributed by atoms with Crippen molar-refractivity contribution in [3.05, 3.63) is 139 Å². The highest BCUT2D eigenvalue weighted by molar-refractivity contribution is 6.24. The van der Waals surface area contributed by atoms with Crippen LogP contribution in [-0.4, -0.2) is 15.5 Å². The predicted octanol–water partition coefficient (Wildman–Crippen LogP) is 8.22. The van der Waals surface area contributed by atoms with Crippen LogP contribution in [0.4, 0.5) is 0 Å². The van der Waals surface area contributed by atoms with Crippen LogP contribution in [0.3, 0.4) is 0 Å². The third-order valence-electron chi connectivity index (χ3n) is 6.88. The van der Waals surface area contributed by atoms with Crippen LogP contribution in [0.15, 0.2) is 133 Å². The molecule has 0 aliphatic rings. The molecule has 0 atom stereocenters. The Morgan fingerprint density at radius 2 is 1.13 bits per heavy atom. The Kier molecular flexibility index (Phi) is 5.22. The fourth-order valence-electron chi connectivity index (χ4n) is 5.14. The Balaban J connectivity index is 1.46. The summed E-state index contributed by atoms with van der Waals surface area (Å²) in [4.78, 5) is 18.0. The number of hydrogen-bond acceptors (Lipinski definition) is 3. The first kappa shape index (κ1) is 22.0. The van der Waals surface area contributed by atoms with Gasteiger partial charge in [0.1, 0.15) is 11.6 Å². The third-order valence-corrected chi connectivity index (χ3v) is 6.88. The molecule has 0 saturated carbocycles. The van der Waals surface area contributed by atoms with Crippen LogP contribution in [0, 0.1) is 0 Å². The molecule has 1 heterocycles. The minimum Gasteiger partial charge on any atom is -0.423 e. The summed E-state index contributed by atoms with van der Waals surface area (Å²) in [6, 6.07) is 43.8. The summed E-state index contributed by atoms with van der Waals surface area (Å²) in [6.07, 6.45) is 0. The number of esters is 1. The summed E-state index contributed by atoms with van der Waals surface area (Å²) in [6.45, 7) is 0. The van der Waals surface area contributed by atoms with Gasteiger partial charge in [0.15, 0.2) is 0 Å². The first-order valence-corrected chi connectivity index (χ1v) is 12.5. The van der Waals surface area contributed by atoms with Crippen molar-refractivity contribution < 1.29 is 9.53 Å². The second-order valence-corrected chi connectivity index (χ2v) is 9.17. The maximum absolute atomic E-state index is 12.8. The van der Waals surface area contributed by atoms with Gasteiger partial charge < -0.3 is 4.74 Å². The van der Waals surface area contributed by atoms with Crippen LogP contribution in [0.5, 0.6) is 5.75 Å². The number of rotatable bonds is 4. The maximum atomic E-state index is 12.8. The number of para-hydroxylation sites is 1. The van der Waals surface area contributed by atoms with Gasteiger partial charge in [0.25, 0.3) is 0 Å². The van der Waals surface area contributed by atoms with Gasteiger partial charge in [-0.05, 0) is 47.2 Å². The largest absolute Gasteiger partial charge is 0.423 e. The van der Waals surface area contributed by atoms with E-state index in [0.717, 1.165) is 38.9 Å². The van der Waals surface area contributed by atoms with Gasteiger partial charge in [-0.1, -0.05) is 97.1 Å². The lowest BCUT2D eigenvalue weighted by molar-refractivity contribution is 0.0735. The highest BCUT2D eigenvalue weighted by Gasteiger charge is 2.20. The normalized spacial score (nSPS) is 11.3. The Morgan fingerprint density at radius 3 is 1.82 bits per heavy atom. The Hall–Kier alpha value is -5.22. The molecule has 0 saturated heterocycles. The molecule has 0 amide bonds. The van der Waals surface area contributed by atoms with Crippen molar-refractivity contribution >= 4 is 38.5 Å². The molecule has 7 aromatic rings. The van der Waals surface area contributed by atoms with Crippen molar-refractivity contribution in [2.75, 3.05) is 0 Å². The second kappa shape index (κ2) is 9.02. The molecule has 7 rings (SSSR count). The molecule has 38 heavy (non-hydrogen) atoms. The van der Waals surface area contributed by atoms with Crippen molar-refractivity contribution in [2.45, 2.75) is 0 Å². The summed E-state index contributed by atoms with van der Waals surface area (Å²) in [7, 11) is 0. The van der Waals surface area contributed by atoms with E-state index < -0.39 is 5.97 Å². The van der Waals surface area contributed by atoms with Crippen LogP contribution in [0.2, 0.25) is 0 Å². The van der Waals surface area contributed by atoms with Gasteiger partial charge in [0, 0.05) is 22.0 Å². The van der Waals surface area contributed by atoms with E-state index in [2.05, 4.69) is 65.2 Å². The number of carbonyl (C=O) groups excluding carboxylic acids is 1. The molecule has 0 N–H and O–H groups in total. The van der Waals surface area contributed by atoms with Crippen LogP contribution in [0.1, 0.15) is 10.4 Å². The number of ether oxygens (including phenoxy) is 1. The summed E-state index contributed by atoms with van der Waals surface area (Å²) < 4.78 is 7.74. The van der Waals surface area contributed by atoms with Gasteiger partial charge in [0.05, 0.1) is 16.6 Å². The number of benzene rings is 6. The fraction of sp³-hybridized carbons (Fsp3) is 0. The highest BCUT2D eigenvalue weighted by atomic mass is 16.5. The maximum Gasteiger partial charge on any atom is 0.343 e. The monoisotopic (exact) mass is 490 g/mol. The zero-order valence-corrected chi connectivity index (χ0v) is 20.4. The molecule has 0 aliphatic heterocycles. The van der Waals surface area contributed by atoms with Gasteiger partial charge in [-0.2, -0.15) is 0 Å². The topological polar surface area (TPSA) is 44.1 Å². The molecule has 0 radical (unpaired) electrons. The Morgan fingerprint density at radius 1 is 0.579 bits per heavy atom. The van der Waals surface area contributed by atoms with Crippen molar-refractivity contribution in [3.63, 3.8) is 0 Å². The molecule has 4 heteroatoms. The second-order valence-electron chi connectivity index (χ2n) is 9.17. The van der Waals surface area contributed by atoms with E-state index in [9.17, 15) is 4.79 Å². The zero-order chi connectivity index (χ0) is 25.5. The average Bonchev–Trinajstić information content (AvgIpc) is 3.40. The van der Waals surface area contributed by atoms with E-state index in [1.54, 1.807) is 12.1 Å². The predicted molar refractivity (Wildman–Crippen MR) is 153 cm³/mol. The van der Waals surface area contributed by atoms with Crippen LogP contribution in [-0.2, 0) is 0 Å². The molecule has 180 valence electrons. The zero-order valence-electron chi connectivity index (χ0n) is 20.4. The van der Waals surface area contributed by atoms with Crippen LogP contribution in [0.25, 0.3) is 49.7 Å². The lowest BCUT2D eigenvalue weighted by Gasteiger charge is -2.13. The summed E-state index contributed by atoms with van der Waals surface area (Å²) in [5.74, 6) is 0.978. The van der Waals surface area contributed by atoms with Crippen molar-refractivity contribution in [2.24, 2.45) is 0 Å². The molecular formula is C34H22N2O2. The quantitative estimate of drug-likeness (QED) is 0.142. The van der Waals surface area contributed by atoms with E-state index in [1.807, 2.05) is 60.7 Å². The van der Waals surface area contributed by atoms with Crippen molar-refractivity contribution in [1.29, 1.82) is 0 Å². The molecule has 4 nitrogen and oxygen atoms in total. The van der Waals surface area contributed by atoms with Gasteiger partial charge in [-0.15, -0.1) is 0 Å². The molecular weight excluding hydrogens is 468 g/mol. The standard InChI is InChI=1S/C34H22N2O2/c37-34(38-26-13-5-2-6-14-26)24-19-21-25(22-20-24)36-32-30-18-10-8-16-28(30)27-15-7-9-17-29(27)31(32)35-33(36)23-11-3-1-4-12-23/h1-22H. The first-order valence-electron chi connectivity index (χ1n) is 12.5. The Bertz CT molecular complexity index is 1940. The summed E-state index contributed by atoms with van der Waals surface area (Å²) in [5, 5.41) is 4.60. The van der Waals surface area contributed by atoms with Gasteiger partial charge >= 0.3 is 5.97 Å². The summed E-state index contributed by atoms with van der Waals surface area (Å²) >= 11 is 0. The van der Waals surface area contributed by atoms with Crippen molar-refractivity contribution in [1.82, 2.24) is 9.55 Å². The van der Waals surface area contributed by atoms with Gasteiger partial charge in [-0.25, -0.2) is 9.78 Å².